The standard InChI is InChI=1S/C51H33N5O/c1-4-14-34(15-5-1)35-24-26-38(27-25-35)53(39-28-30-45-43(32-39)41-20-10-12-22-44(41)54(45)36-16-6-2-7-17-36)40-29-31-46-47(33-40)55(37-18-8-3-9-19-37)51-52-49-42-21-11-13-23-48(42)57-50(49)56(46)51/h1-33H. The molecule has 12 aromatic rings. The van der Waals surface area contributed by atoms with Crippen LogP contribution in [0.3, 0.4) is 0 Å². The molecule has 4 heterocycles. The molecule has 0 unspecified atom stereocenters. The van der Waals surface area contributed by atoms with Gasteiger partial charge in [-0.2, -0.15) is 0 Å². The molecule has 0 atom stereocenters. The molecule has 0 amide bonds. The molecule has 0 bridgehead atoms. The molecule has 268 valence electrons. The van der Waals surface area contributed by atoms with Crippen molar-refractivity contribution >= 4 is 77.9 Å². The van der Waals surface area contributed by atoms with Crippen LogP contribution in [0.5, 0.6) is 0 Å². The quantitative estimate of drug-likeness (QED) is 0.171. The zero-order chi connectivity index (χ0) is 37.5. The maximum absolute atomic E-state index is 6.51. The number of para-hydroxylation sites is 4. The predicted octanol–water partition coefficient (Wildman–Crippen LogP) is 13.4. The van der Waals surface area contributed by atoms with Crippen molar-refractivity contribution in [3.05, 3.63) is 200 Å². The molecule has 0 spiro atoms. The van der Waals surface area contributed by atoms with Crippen LogP contribution in [0, 0.1) is 0 Å². The first-order valence-corrected chi connectivity index (χ1v) is 19.2. The van der Waals surface area contributed by atoms with E-state index in [0.717, 1.165) is 73.0 Å². The summed E-state index contributed by atoms with van der Waals surface area (Å²) in [7, 11) is 0. The Balaban J connectivity index is 1.11. The Kier molecular flexibility index (Phi) is 6.83. The second kappa shape index (κ2) is 12.3. The summed E-state index contributed by atoms with van der Waals surface area (Å²) < 4.78 is 13.3. The Morgan fingerprint density at radius 1 is 0.404 bits per heavy atom. The van der Waals surface area contributed by atoms with E-state index in [4.69, 9.17) is 9.40 Å². The molecule has 12 rings (SSSR count). The summed E-state index contributed by atoms with van der Waals surface area (Å²) in [5.41, 5.74) is 14.5. The fourth-order valence-electron chi connectivity index (χ4n) is 8.68. The highest BCUT2D eigenvalue weighted by Crippen LogP contribution is 2.42. The Bertz CT molecular complexity index is 3450. The molecule has 0 aliphatic carbocycles. The van der Waals surface area contributed by atoms with Crippen LogP contribution in [-0.4, -0.2) is 18.5 Å². The van der Waals surface area contributed by atoms with Gasteiger partial charge >= 0.3 is 0 Å². The van der Waals surface area contributed by atoms with Gasteiger partial charge in [0.05, 0.1) is 22.1 Å². The zero-order valence-corrected chi connectivity index (χ0v) is 30.7. The van der Waals surface area contributed by atoms with E-state index in [0.29, 0.717) is 0 Å². The van der Waals surface area contributed by atoms with Gasteiger partial charge in [-0.1, -0.05) is 109 Å². The van der Waals surface area contributed by atoms with Crippen LogP contribution < -0.4 is 4.90 Å². The van der Waals surface area contributed by atoms with E-state index in [1.807, 2.05) is 18.2 Å². The molecule has 0 fully saturated rings. The summed E-state index contributed by atoms with van der Waals surface area (Å²) in [5, 5.41) is 3.41. The molecule has 8 aromatic carbocycles. The highest BCUT2D eigenvalue weighted by molar-refractivity contribution is 6.11. The summed E-state index contributed by atoms with van der Waals surface area (Å²) in [5.74, 6) is 0.807. The van der Waals surface area contributed by atoms with Gasteiger partial charge in [0.1, 0.15) is 11.1 Å². The molecule has 6 nitrogen and oxygen atoms in total. The van der Waals surface area contributed by atoms with Crippen LogP contribution in [0.25, 0.3) is 83.3 Å². The van der Waals surface area contributed by atoms with E-state index in [2.05, 4.69) is 200 Å². The first-order valence-electron chi connectivity index (χ1n) is 19.2. The molecule has 0 radical (unpaired) electrons. The van der Waals surface area contributed by atoms with Gasteiger partial charge in [-0.15, -0.1) is 0 Å². The van der Waals surface area contributed by atoms with Crippen molar-refractivity contribution in [2.75, 3.05) is 4.90 Å². The minimum Gasteiger partial charge on any atom is -0.437 e. The van der Waals surface area contributed by atoms with Crippen molar-refractivity contribution in [3.63, 3.8) is 0 Å². The number of hydrogen-bond acceptors (Lipinski definition) is 3. The molecule has 0 aliphatic rings. The summed E-state index contributed by atoms with van der Waals surface area (Å²) >= 11 is 0. The topological polar surface area (TPSA) is 43.5 Å². The van der Waals surface area contributed by atoms with Crippen molar-refractivity contribution < 1.29 is 4.42 Å². The summed E-state index contributed by atoms with van der Waals surface area (Å²) in [6, 6.07) is 70.9. The van der Waals surface area contributed by atoms with E-state index >= 15 is 0 Å². The molecule has 0 aliphatic heterocycles. The maximum Gasteiger partial charge on any atom is 0.234 e. The normalized spacial score (nSPS) is 11.9. The SMILES string of the molecule is c1ccc(-c2ccc(N(c3ccc4c(c3)c3ccccc3n4-c3ccccc3)c3ccc4c(c3)n(-c3ccccc3)c3nc5c6ccccc6oc5n43)cc2)cc1. The monoisotopic (exact) mass is 731 g/mol. The van der Waals surface area contributed by atoms with Gasteiger partial charge in [0.25, 0.3) is 0 Å². The molecule has 0 saturated heterocycles. The van der Waals surface area contributed by atoms with E-state index in [1.165, 1.54) is 27.4 Å². The average molecular weight is 732 g/mol. The number of fused-ring (bicyclic) bond motifs is 10. The number of imidazole rings is 2. The third-order valence-corrected chi connectivity index (χ3v) is 11.2. The van der Waals surface area contributed by atoms with Crippen molar-refractivity contribution in [1.29, 1.82) is 0 Å². The lowest BCUT2D eigenvalue weighted by Crippen LogP contribution is -2.10. The lowest BCUT2D eigenvalue weighted by Gasteiger charge is -2.26. The molecule has 0 N–H and O–H groups in total. The van der Waals surface area contributed by atoms with Crippen molar-refractivity contribution in [2.45, 2.75) is 0 Å². The van der Waals surface area contributed by atoms with Crippen LogP contribution in [0.4, 0.5) is 17.1 Å². The number of nitrogens with zero attached hydrogens (tertiary/aromatic N) is 5. The highest BCUT2D eigenvalue weighted by Gasteiger charge is 2.24. The highest BCUT2D eigenvalue weighted by atomic mass is 16.3. The molecule has 4 aromatic heterocycles. The maximum atomic E-state index is 6.51. The van der Waals surface area contributed by atoms with E-state index in [9.17, 15) is 0 Å². The first kappa shape index (κ1) is 31.5. The van der Waals surface area contributed by atoms with Gasteiger partial charge in [-0.05, 0) is 102 Å². The smallest absolute Gasteiger partial charge is 0.234 e. The Morgan fingerprint density at radius 3 is 1.72 bits per heavy atom. The number of anilines is 3. The molecular formula is C51H33N5O. The number of rotatable bonds is 6. The van der Waals surface area contributed by atoms with Crippen molar-refractivity contribution in [1.82, 2.24) is 18.5 Å². The first-order chi connectivity index (χ1) is 28.3. The fourth-order valence-corrected chi connectivity index (χ4v) is 8.68. The lowest BCUT2D eigenvalue weighted by molar-refractivity contribution is 0.651. The van der Waals surface area contributed by atoms with Crippen LogP contribution >= 0.6 is 0 Å². The Labute approximate surface area is 327 Å². The van der Waals surface area contributed by atoms with Crippen LogP contribution in [0.15, 0.2) is 205 Å². The summed E-state index contributed by atoms with van der Waals surface area (Å²) in [6.45, 7) is 0. The number of furan rings is 1. The second-order valence-electron chi connectivity index (χ2n) is 14.5. The summed E-state index contributed by atoms with van der Waals surface area (Å²) in [4.78, 5) is 7.62. The Morgan fingerprint density at radius 2 is 0.965 bits per heavy atom. The van der Waals surface area contributed by atoms with E-state index in [1.54, 1.807) is 0 Å². The van der Waals surface area contributed by atoms with Gasteiger partial charge in [0.15, 0.2) is 0 Å². The zero-order valence-electron chi connectivity index (χ0n) is 30.7. The van der Waals surface area contributed by atoms with Crippen LogP contribution in [-0.2, 0) is 0 Å². The number of benzene rings is 8. The fraction of sp³-hybridized carbons (Fsp3) is 0. The predicted molar refractivity (Wildman–Crippen MR) is 234 cm³/mol. The number of hydrogen-bond donors (Lipinski definition) is 0. The third kappa shape index (κ3) is 4.81. The van der Waals surface area contributed by atoms with Crippen molar-refractivity contribution in [3.8, 4) is 22.5 Å². The van der Waals surface area contributed by atoms with Gasteiger partial charge in [-0.3, -0.25) is 4.57 Å². The second-order valence-corrected chi connectivity index (χ2v) is 14.5. The van der Waals surface area contributed by atoms with E-state index in [-0.39, 0.29) is 0 Å². The Hall–Kier alpha value is -7.83. The molecule has 57 heavy (non-hydrogen) atoms. The minimum atomic E-state index is 0.743. The largest absolute Gasteiger partial charge is 0.437 e. The molecule has 6 heteroatoms. The van der Waals surface area contributed by atoms with Gasteiger partial charge < -0.3 is 13.9 Å². The van der Waals surface area contributed by atoms with Gasteiger partial charge in [0, 0.05) is 44.6 Å². The van der Waals surface area contributed by atoms with E-state index < -0.39 is 0 Å². The van der Waals surface area contributed by atoms with Gasteiger partial charge in [-0.25, -0.2) is 9.38 Å². The summed E-state index contributed by atoms with van der Waals surface area (Å²) in [6.07, 6.45) is 0. The lowest BCUT2D eigenvalue weighted by atomic mass is 10.0. The molecule has 0 saturated carbocycles. The molecular weight excluding hydrogens is 699 g/mol. The number of aromatic nitrogens is 4. The van der Waals surface area contributed by atoms with Crippen LogP contribution in [0.2, 0.25) is 0 Å². The average Bonchev–Trinajstić information content (AvgIpc) is 4.01. The third-order valence-electron chi connectivity index (χ3n) is 11.2. The van der Waals surface area contributed by atoms with Crippen molar-refractivity contribution in [2.24, 2.45) is 0 Å². The van der Waals surface area contributed by atoms with Crippen LogP contribution in [0.1, 0.15) is 0 Å². The minimum absolute atomic E-state index is 0.743. The van der Waals surface area contributed by atoms with Gasteiger partial charge in [0.2, 0.25) is 11.5 Å².